The second-order valence-electron chi connectivity index (χ2n) is 5.53. The average molecular weight is 260 g/mol. The zero-order valence-corrected chi connectivity index (χ0v) is 11.2. The Morgan fingerprint density at radius 2 is 1.89 bits per heavy atom. The topological polar surface area (TPSA) is 55.6 Å². The Labute approximate surface area is 113 Å². The molecule has 2 fully saturated rings. The minimum atomic E-state index is 0.0943. The molecular formula is C15H20N2O2. The number of ether oxygens (including phenoxy) is 1. The van der Waals surface area contributed by atoms with Crippen molar-refractivity contribution in [3.8, 4) is 5.75 Å². The van der Waals surface area contributed by atoms with Gasteiger partial charge in [0.15, 0.2) is 0 Å². The molecule has 2 heterocycles. The molecule has 2 N–H and O–H groups in total. The molecule has 2 atom stereocenters. The van der Waals surface area contributed by atoms with Gasteiger partial charge < -0.3 is 15.4 Å². The Balaban J connectivity index is 1.89. The summed E-state index contributed by atoms with van der Waals surface area (Å²) in [7, 11) is 1.60. The van der Waals surface area contributed by atoms with E-state index in [-0.39, 0.29) is 11.9 Å². The zero-order chi connectivity index (χ0) is 13.4. The van der Waals surface area contributed by atoms with Crippen LogP contribution in [0.3, 0.4) is 0 Å². The molecule has 2 saturated heterocycles. The molecule has 3 rings (SSSR count). The lowest BCUT2D eigenvalue weighted by atomic mass is 9.97. The second kappa shape index (κ2) is 4.85. The van der Waals surface area contributed by atoms with Crippen molar-refractivity contribution in [2.24, 2.45) is 5.73 Å². The molecule has 4 nitrogen and oxygen atoms in total. The summed E-state index contributed by atoms with van der Waals surface area (Å²) >= 11 is 0. The number of amides is 1. The highest BCUT2D eigenvalue weighted by Gasteiger charge is 2.42. The number of nitrogens with zero attached hydrogens (tertiary/aromatic N) is 1. The predicted octanol–water partition coefficient (Wildman–Crippen LogP) is 1.79. The lowest BCUT2D eigenvalue weighted by Gasteiger charge is -2.38. The van der Waals surface area contributed by atoms with Gasteiger partial charge in [0.2, 0.25) is 0 Å². The standard InChI is InChI=1S/C15H20N2O2/c1-19-14-5-3-2-4-13(14)15(18)17-11-6-7-12(17)9-10(16)8-11/h2-5,10-12H,6-9,16H2,1H3. The number of para-hydroxylation sites is 1. The summed E-state index contributed by atoms with van der Waals surface area (Å²) in [6, 6.07) is 8.32. The van der Waals surface area contributed by atoms with Crippen LogP contribution >= 0.6 is 0 Å². The minimum Gasteiger partial charge on any atom is -0.496 e. The molecule has 1 aromatic rings. The fraction of sp³-hybridized carbons (Fsp3) is 0.533. The molecule has 0 aliphatic carbocycles. The minimum absolute atomic E-state index is 0.0943. The van der Waals surface area contributed by atoms with E-state index in [2.05, 4.69) is 0 Å². The van der Waals surface area contributed by atoms with Gasteiger partial charge in [-0.25, -0.2) is 0 Å². The molecule has 4 heteroatoms. The third-order valence-electron chi connectivity index (χ3n) is 4.34. The largest absolute Gasteiger partial charge is 0.496 e. The highest BCUT2D eigenvalue weighted by molar-refractivity contribution is 5.97. The van der Waals surface area contributed by atoms with Crippen molar-refractivity contribution in [1.82, 2.24) is 4.90 Å². The van der Waals surface area contributed by atoms with E-state index in [0.717, 1.165) is 25.7 Å². The summed E-state index contributed by atoms with van der Waals surface area (Å²) in [6.45, 7) is 0. The van der Waals surface area contributed by atoms with Crippen molar-refractivity contribution in [1.29, 1.82) is 0 Å². The van der Waals surface area contributed by atoms with Gasteiger partial charge in [0, 0.05) is 18.1 Å². The van der Waals surface area contributed by atoms with E-state index >= 15 is 0 Å². The highest BCUT2D eigenvalue weighted by atomic mass is 16.5. The summed E-state index contributed by atoms with van der Waals surface area (Å²) < 4.78 is 5.30. The number of methoxy groups -OCH3 is 1. The fourth-order valence-electron chi connectivity index (χ4n) is 3.51. The first-order valence-corrected chi connectivity index (χ1v) is 6.92. The Bertz CT molecular complexity index is 475. The van der Waals surface area contributed by atoms with Crippen LogP contribution in [0, 0.1) is 0 Å². The first-order valence-electron chi connectivity index (χ1n) is 6.92. The van der Waals surface area contributed by atoms with E-state index in [1.165, 1.54) is 0 Å². The number of carbonyl (C=O) groups is 1. The van der Waals surface area contributed by atoms with Gasteiger partial charge in [0.1, 0.15) is 5.75 Å². The molecule has 2 unspecified atom stereocenters. The molecule has 2 bridgehead atoms. The summed E-state index contributed by atoms with van der Waals surface area (Å²) in [5, 5.41) is 0. The zero-order valence-electron chi connectivity index (χ0n) is 11.2. The van der Waals surface area contributed by atoms with Crippen LogP contribution in [-0.2, 0) is 0 Å². The van der Waals surface area contributed by atoms with E-state index in [1.807, 2.05) is 29.2 Å². The Morgan fingerprint density at radius 1 is 1.26 bits per heavy atom. The lowest BCUT2D eigenvalue weighted by molar-refractivity contribution is 0.0572. The van der Waals surface area contributed by atoms with E-state index in [0.29, 0.717) is 23.4 Å². The van der Waals surface area contributed by atoms with Crippen LogP contribution in [0.2, 0.25) is 0 Å². The van der Waals surface area contributed by atoms with Crippen LogP contribution in [0.25, 0.3) is 0 Å². The van der Waals surface area contributed by atoms with E-state index in [1.54, 1.807) is 7.11 Å². The number of carbonyl (C=O) groups excluding carboxylic acids is 1. The maximum atomic E-state index is 12.8. The summed E-state index contributed by atoms with van der Waals surface area (Å²) in [6.07, 6.45) is 4.02. The van der Waals surface area contributed by atoms with Crippen molar-refractivity contribution in [3.05, 3.63) is 29.8 Å². The number of nitrogens with two attached hydrogens (primary N) is 1. The number of benzene rings is 1. The van der Waals surface area contributed by atoms with E-state index < -0.39 is 0 Å². The number of fused-ring (bicyclic) bond motifs is 2. The van der Waals surface area contributed by atoms with Crippen molar-refractivity contribution >= 4 is 5.91 Å². The van der Waals surface area contributed by atoms with Gasteiger partial charge in [-0.15, -0.1) is 0 Å². The Hall–Kier alpha value is -1.55. The first-order chi connectivity index (χ1) is 9.20. The van der Waals surface area contributed by atoms with Crippen molar-refractivity contribution in [2.45, 2.75) is 43.8 Å². The van der Waals surface area contributed by atoms with Crippen molar-refractivity contribution < 1.29 is 9.53 Å². The molecule has 1 aromatic carbocycles. The molecule has 19 heavy (non-hydrogen) atoms. The van der Waals surface area contributed by atoms with Crippen LogP contribution in [0.1, 0.15) is 36.0 Å². The average Bonchev–Trinajstić information content (AvgIpc) is 2.70. The smallest absolute Gasteiger partial charge is 0.258 e. The molecule has 2 aliphatic rings. The molecule has 102 valence electrons. The van der Waals surface area contributed by atoms with Gasteiger partial charge in [-0.1, -0.05) is 12.1 Å². The van der Waals surface area contributed by atoms with Crippen LogP contribution in [0.4, 0.5) is 0 Å². The number of hydrogen-bond donors (Lipinski definition) is 1. The van der Waals surface area contributed by atoms with Gasteiger partial charge in [-0.05, 0) is 37.8 Å². The molecule has 1 amide bonds. The monoisotopic (exact) mass is 260 g/mol. The van der Waals surface area contributed by atoms with Crippen LogP contribution in [0.5, 0.6) is 5.75 Å². The number of hydrogen-bond acceptors (Lipinski definition) is 3. The Morgan fingerprint density at radius 3 is 2.53 bits per heavy atom. The maximum absolute atomic E-state index is 12.8. The molecular weight excluding hydrogens is 240 g/mol. The molecule has 2 aliphatic heterocycles. The normalized spacial score (nSPS) is 29.4. The quantitative estimate of drug-likeness (QED) is 0.882. The highest BCUT2D eigenvalue weighted by Crippen LogP contribution is 2.37. The molecule has 0 saturated carbocycles. The molecule has 0 spiro atoms. The third-order valence-corrected chi connectivity index (χ3v) is 4.34. The van der Waals surface area contributed by atoms with Gasteiger partial charge >= 0.3 is 0 Å². The number of piperidine rings is 1. The predicted molar refractivity (Wildman–Crippen MR) is 73.2 cm³/mol. The van der Waals surface area contributed by atoms with Crippen molar-refractivity contribution in [3.63, 3.8) is 0 Å². The van der Waals surface area contributed by atoms with Gasteiger partial charge in [-0.3, -0.25) is 4.79 Å². The molecule has 0 radical (unpaired) electrons. The third kappa shape index (κ3) is 2.10. The second-order valence-corrected chi connectivity index (χ2v) is 5.53. The summed E-state index contributed by atoms with van der Waals surface area (Å²) in [5.41, 5.74) is 6.71. The maximum Gasteiger partial charge on any atom is 0.258 e. The number of rotatable bonds is 2. The van der Waals surface area contributed by atoms with Crippen LogP contribution < -0.4 is 10.5 Å². The van der Waals surface area contributed by atoms with E-state index in [4.69, 9.17) is 10.5 Å². The van der Waals surface area contributed by atoms with E-state index in [9.17, 15) is 4.79 Å². The lowest BCUT2D eigenvalue weighted by Crippen LogP contribution is -2.50. The van der Waals surface area contributed by atoms with Crippen molar-refractivity contribution in [2.75, 3.05) is 7.11 Å². The van der Waals surface area contributed by atoms with Gasteiger partial charge in [0.25, 0.3) is 5.91 Å². The fourth-order valence-corrected chi connectivity index (χ4v) is 3.51. The SMILES string of the molecule is COc1ccccc1C(=O)N1C2CCC1CC(N)C2. The first kappa shape index (κ1) is 12.5. The summed E-state index contributed by atoms with van der Waals surface area (Å²) in [5.74, 6) is 0.749. The van der Waals surface area contributed by atoms with Gasteiger partial charge in [0.05, 0.1) is 12.7 Å². The summed E-state index contributed by atoms with van der Waals surface area (Å²) in [4.78, 5) is 14.8. The Kier molecular flexibility index (Phi) is 3.19. The molecule has 0 aromatic heterocycles. The van der Waals surface area contributed by atoms with Crippen LogP contribution in [0.15, 0.2) is 24.3 Å². The van der Waals surface area contributed by atoms with Gasteiger partial charge in [-0.2, -0.15) is 0 Å². The van der Waals surface area contributed by atoms with Crippen LogP contribution in [-0.4, -0.2) is 36.0 Å².